The molecular weight excluding hydrogens is 502 g/mol. The summed E-state index contributed by atoms with van der Waals surface area (Å²) in [5.41, 5.74) is 3.23. The summed E-state index contributed by atoms with van der Waals surface area (Å²) >= 11 is 2.66. The van der Waals surface area contributed by atoms with Crippen molar-refractivity contribution in [1.29, 1.82) is 0 Å². The zero-order valence-corrected chi connectivity index (χ0v) is 22.3. The molecule has 8 nitrogen and oxygen atoms in total. The minimum Gasteiger partial charge on any atom is -0.462 e. The lowest BCUT2D eigenvalue weighted by atomic mass is 9.73. The Labute approximate surface area is 216 Å². The highest BCUT2D eigenvalue weighted by Crippen LogP contribution is 2.58. The Morgan fingerprint density at radius 1 is 0.833 bits per heavy atom. The molecular formula is C26H27NO7S2. The van der Waals surface area contributed by atoms with Crippen LogP contribution in [0, 0.1) is 25.7 Å². The van der Waals surface area contributed by atoms with Gasteiger partial charge >= 0.3 is 11.9 Å². The van der Waals surface area contributed by atoms with Gasteiger partial charge in [-0.05, 0) is 69.0 Å². The topological polar surface area (TPSA) is 99.2 Å². The van der Waals surface area contributed by atoms with Crippen LogP contribution >= 0.6 is 22.7 Å². The van der Waals surface area contributed by atoms with Gasteiger partial charge in [-0.1, -0.05) is 0 Å². The molecule has 190 valence electrons. The van der Waals surface area contributed by atoms with Crippen LogP contribution < -0.4 is 0 Å². The quantitative estimate of drug-likeness (QED) is 0.393. The van der Waals surface area contributed by atoms with Crippen molar-refractivity contribution in [3.63, 3.8) is 0 Å². The van der Waals surface area contributed by atoms with Crippen LogP contribution in [0.2, 0.25) is 0 Å². The fraction of sp³-hybridized carbons (Fsp3) is 0.462. The molecule has 4 unspecified atom stereocenters. The summed E-state index contributed by atoms with van der Waals surface area (Å²) < 4.78 is 16.8. The fourth-order valence-corrected chi connectivity index (χ4v) is 7.41. The van der Waals surface area contributed by atoms with Gasteiger partial charge in [0.15, 0.2) is 0 Å². The minimum atomic E-state index is -0.614. The van der Waals surface area contributed by atoms with Crippen LogP contribution in [0.3, 0.4) is 0 Å². The molecule has 0 aromatic carbocycles. The van der Waals surface area contributed by atoms with Gasteiger partial charge in [-0.3, -0.25) is 14.5 Å². The maximum atomic E-state index is 13.2. The number of rotatable bonds is 7. The number of hydrogen-bond donors (Lipinski definition) is 0. The summed E-state index contributed by atoms with van der Waals surface area (Å²) in [7, 11) is 0. The molecule has 0 spiro atoms. The van der Waals surface area contributed by atoms with Gasteiger partial charge in [-0.25, -0.2) is 9.59 Å². The summed E-state index contributed by atoms with van der Waals surface area (Å²) in [5.74, 6) is -2.44. The van der Waals surface area contributed by atoms with Crippen molar-refractivity contribution in [2.75, 3.05) is 19.8 Å². The second-order valence-corrected chi connectivity index (χ2v) is 11.4. The van der Waals surface area contributed by atoms with Gasteiger partial charge in [-0.2, -0.15) is 0 Å². The molecule has 0 saturated carbocycles. The molecule has 10 heteroatoms. The molecule has 2 aromatic heterocycles. The fourth-order valence-electron chi connectivity index (χ4n) is 5.55. The third-order valence-electron chi connectivity index (χ3n) is 6.98. The van der Waals surface area contributed by atoms with Crippen LogP contribution in [0.5, 0.6) is 0 Å². The molecule has 5 rings (SSSR count). The van der Waals surface area contributed by atoms with E-state index in [0.717, 1.165) is 32.0 Å². The summed E-state index contributed by atoms with van der Waals surface area (Å²) in [4.78, 5) is 55.4. The molecule has 0 N–H and O–H groups in total. The van der Waals surface area contributed by atoms with E-state index in [1.54, 1.807) is 32.9 Å². The first-order valence-corrected chi connectivity index (χ1v) is 13.7. The Hall–Kier alpha value is -2.82. The van der Waals surface area contributed by atoms with Crippen molar-refractivity contribution in [3.8, 4) is 0 Å². The van der Waals surface area contributed by atoms with Gasteiger partial charge in [-0.15, -0.1) is 22.7 Å². The number of likely N-dealkylation sites (tertiary alicyclic amines) is 1. The predicted octanol–water partition coefficient (Wildman–Crippen LogP) is 4.09. The Bertz CT molecular complexity index is 1220. The van der Waals surface area contributed by atoms with Crippen molar-refractivity contribution in [2.45, 2.75) is 46.8 Å². The lowest BCUT2D eigenvalue weighted by Crippen LogP contribution is -2.34. The molecule has 2 amide bonds. The highest BCUT2D eigenvalue weighted by molar-refractivity contribution is 7.14. The van der Waals surface area contributed by atoms with Gasteiger partial charge in [0.25, 0.3) is 0 Å². The first kappa shape index (κ1) is 24.9. The van der Waals surface area contributed by atoms with Gasteiger partial charge in [0, 0.05) is 16.3 Å². The van der Waals surface area contributed by atoms with Crippen LogP contribution in [0.4, 0.5) is 0 Å². The number of nitrogens with zero attached hydrogens (tertiary/aromatic N) is 1. The number of aryl methyl sites for hydroxylation is 2. The second kappa shape index (κ2) is 9.24. The van der Waals surface area contributed by atoms with E-state index in [2.05, 4.69) is 0 Å². The number of amides is 2. The van der Waals surface area contributed by atoms with E-state index in [1.807, 2.05) is 13.8 Å². The smallest absolute Gasteiger partial charge is 0.348 e. The van der Waals surface area contributed by atoms with Crippen molar-refractivity contribution >= 4 is 57.6 Å². The van der Waals surface area contributed by atoms with Gasteiger partial charge in [0.1, 0.15) is 9.75 Å². The number of carbonyl (C=O) groups is 4. The molecule has 0 radical (unpaired) electrons. The van der Waals surface area contributed by atoms with Crippen molar-refractivity contribution in [3.05, 3.63) is 42.8 Å². The third kappa shape index (κ3) is 3.57. The highest BCUT2D eigenvalue weighted by atomic mass is 32.1. The van der Waals surface area contributed by atoms with E-state index >= 15 is 0 Å². The minimum absolute atomic E-state index is 0.218. The zero-order valence-electron chi connectivity index (χ0n) is 20.7. The predicted molar refractivity (Wildman–Crippen MR) is 135 cm³/mol. The molecule has 5 heterocycles. The summed E-state index contributed by atoms with van der Waals surface area (Å²) in [6.07, 6.45) is -1.23. The number of esters is 2. The van der Waals surface area contributed by atoms with Crippen LogP contribution in [-0.4, -0.2) is 60.6 Å². The average molecular weight is 530 g/mol. The van der Waals surface area contributed by atoms with Crippen LogP contribution in [0.15, 0.2) is 12.1 Å². The lowest BCUT2D eigenvalue weighted by Gasteiger charge is -2.24. The molecule has 36 heavy (non-hydrogen) atoms. The number of ether oxygens (including phenoxy) is 3. The summed E-state index contributed by atoms with van der Waals surface area (Å²) in [6.45, 7) is 9.99. The molecule has 0 aliphatic carbocycles. The molecule has 2 bridgehead atoms. The standard InChI is InChI=1S/C26H27NO7S2/c1-6-27-23(28)19-20(24(27)29)22-18(14-10-16(36-12(14)5)26(31)33-8-3)17(21(19)34-22)13-9-15(35-11(13)4)25(30)32-7-2/h9-10,19-22H,6-8H2,1-5H3. The number of carbonyl (C=O) groups excluding carboxylic acids is 4. The van der Waals surface area contributed by atoms with Crippen LogP contribution in [0.25, 0.3) is 11.1 Å². The van der Waals surface area contributed by atoms with Crippen LogP contribution in [0.1, 0.15) is 61.0 Å². The summed E-state index contributed by atoms with van der Waals surface area (Å²) in [5, 5.41) is 0. The highest BCUT2D eigenvalue weighted by Gasteiger charge is 2.65. The third-order valence-corrected chi connectivity index (χ3v) is 9.04. The van der Waals surface area contributed by atoms with E-state index < -0.39 is 36.0 Å². The number of fused-ring (bicyclic) bond motifs is 5. The van der Waals surface area contributed by atoms with Crippen LogP contribution in [-0.2, 0) is 23.8 Å². The van der Waals surface area contributed by atoms with E-state index in [4.69, 9.17) is 14.2 Å². The van der Waals surface area contributed by atoms with E-state index in [9.17, 15) is 19.2 Å². The summed E-state index contributed by atoms with van der Waals surface area (Å²) in [6, 6.07) is 3.58. The van der Waals surface area contributed by atoms with E-state index in [1.165, 1.54) is 27.6 Å². The molecule has 2 aromatic rings. The van der Waals surface area contributed by atoms with E-state index in [-0.39, 0.29) is 25.0 Å². The van der Waals surface area contributed by atoms with Crippen molar-refractivity contribution in [1.82, 2.24) is 4.90 Å². The average Bonchev–Trinajstić information content (AvgIpc) is 3.62. The van der Waals surface area contributed by atoms with Crippen molar-refractivity contribution in [2.24, 2.45) is 11.8 Å². The van der Waals surface area contributed by atoms with Gasteiger partial charge in [0.2, 0.25) is 11.8 Å². The lowest BCUT2D eigenvalue weighted by molar-refractivity contribution is -0.141. The van der Waals surface area contributed by atoms with Gasteiger partial charge < -0.3 is 14.2 Å². The molecule has 3 aliphatic rings. The monoisotopic (exact) mass is 529 g/mol. The maximum Gasteiger partial charge on any atom is 0.348 e. The van der Waals surface area contributed by atoms with Gasteiger partial charge in [0.05, 0.1) is 37.3 Å². The maximum absolute atomic E-state index is 13.2. The SMILES string of the molecule is CCOC(=O)c1cc(C2=C(c3cc(C(=O)OCC)sc3C)C3OC2C2C(=O)N(CC)C(=O)C32)c(C)s1. The Balaban J connectivity index is 1.69. The Kier molecular flexibility index (Phi) is 6.38. The Morgan fingerprint density at radius 2 is 1.25 bits per heavy atom. The first-order chi connectivity index (χ1) is 17.2. The largest absolute Gasteiger partial charge is 0.462 e. The second-order valence-electron chi connectivity index (χ2n) is 8.88. The molecule has 2 fully saturated rings. The molecule has 4 atom stereocenters. The number of imide groups is 1. The first-order valence-electron chi connectivity index (χ1n) is 12.0. The number of thiophene rings is 2. The van der Waals surface area contributed by atoms with E-state index in [0.29, 0.717) is 16.3 Å². The Morgan fingerprint density at radius 3 is 1.61 bits per heavy atom. The number of hydrogen-bond acceptors (Lipinski definition) is 9. The normalized spacial score (nSPS) is 24.6. The molecule has 3 aliphatic heterocycles. The molecule has 2 saturated heterocycles. The zero-order chi connectivity index (χ0) is 25.9. The van der Waals surface area contributed by atoms with Crippen molar-refractivity contribution < 1.29 is 33.4 Å².